The van der Waals surface area contributed by atoms with Gasteiger partial charge in [0.15, 0.2) is 13.1 Å². The van der Waals surface area contributed by atoms with E-state index in [4.69, 9.17) is 29.2 Å². The zero-order chi connectivity index (χ0) is 72.4. The van der Waals surface area contributed by atoms with Crippen molar-refractivity contribution in [2.75, 3.05) is 141 Å². The van der Waals surface area contributed by atoms with Crippen LogP contribution < -0.4 is 35.9 Å². The van der Waals surface area contributed by atoms with Crippen LogP contribution in [0.2, 0.25) is 0 Å². The van der Waals surface area contributed by atoms with Crippen LogP contribution in [0.4, 0.5) is 11.4 Å². The standard InChI is InChI=1S/C47H61N4S2.C41H45N2O6S2.CH4.BrH/c1-7-50(8-2,9-3)36-22-34-48-42-32-30-38-24-18-20-26-40(38)46(42)52-44(48)28-16-14-13-15-17-29-45-49(35-23-37-51(10-4,11-5)12-6)43-33-31-39-25-19-21-27-41(39)47(43)53-45;44-22-26-48-30-28-46-24-20-42-36-18-16-32-10-6-8-12-34(32)40(36)50-38(42)14-4-2-1-3-5-15-39-43(21-25-47-29-31-49-27-23-45)37-19-17-33-11-7-9-13-35(33)41(37)51-39;;/h13-21,24-33H,7-12,22-23,34-37H2,1-6H3;1-19,44-45H,20-31H2;1H4;1H/q+3;+1;;/p-1. The number of thioether (sulfide) groups is 2. The second kappa shape index (κ2) is 42.6. The van der Waals surface area contributed by atoms with Crippen LogP contribution in [0.1, 0.15) is 71.8 Å². The van der Waals surface area contributed by atoms with Crippen molar-refractivity contribution in [1.29, 1.82) is 0 Å². The fraction of sp³-hybridized carbons (Fsp3) is 0.348. The molecule has 106 heavy (non-hydrogen) atoms. The Bertz CT molecular complexity index is 4700. The molecule has 17 heteroatoms. The second-order valence-electron chi connectivity index (χ2n) is 26.1. The highest BCUT2D eigenvalue weighted by molar-refractivity contribution is 8.04. The van der Waals surface area contributed by atoms with Crippen LogP contribution in [0, 0.1) is 0 Å². The predicted molar refractivity (Wildman–Crippen MR) is 451 cm³/mol. The summed E-state index contributed by atoms with van der Waals surface area (Å²) in [5, 5.41) is 33.1. The lowest BCUT2D eigenvalue weighted by atomic mass is 10.1. The van der Waals surface area contributed by atoms with Crippen molar-refractivity contribution in [2.24, 2.45) is 0 Å². The van der Waals surface area contributed by atoms with E-state index in [2.05, 4.69) is 291 Å². The van der Waals surface area contributed by atoms with Gasteiger partial charge >= 0.3 is 0 Å². The Morgan fingerprint density at radius 3 is 1.21 bits per heavy atom. The number of aliphatic hydroxyl groups is 2. The second-order valence-corrected chi connectivity index (χ2v) is 30.3. The molecular formula is C89H110BrN6O6S4+3. The van der Waals surface area contributed by atoms with Gasteiger partial charge in [0.1, 0.15) is 16.0 Å². The maximum atomic E-state index is 8.90. The quantitative estimate of drug-likeness (QED) is 0.0169. The summed E-state index contributed by atoms with van der Waals surface area (Å²) in [7, 11) is 0. The van der Waals surface area contributed by atoms with E-state index in [1.807, 2.05) is 23.1 Å². The van der Waals surface area contributed by atoms with Crippen molar-refractivity contribution in [2.45, 2.75) is 84.7 Å². The van der Waals surface area contributed by atoms with E-state index < -0.39 is 0 Å². The molecule has 0 radical (unpaired) electrons. The molecule has 4 heterocycles. The summed E-state index contributed by atoms with van der Waals surface area (Å²) >= 11 is 7.43. The third-order valence-electron chi connectivity index (χ3n) is 20.5. The molecular weight excluding hydrogens is 1460 g/mol. The minimum absolute atomic E-state index is 0. The zero-order valence-electron chi connectivity index (χ0n) is 62.1. The number of allylic oxidation sites excluding steroid dienone is 12. The molecule has 2 N–H and O–H groups in total. The molecule has 0 amide bonds. The Morgan fingerprint density at radius 1 is 0.387 bits per heavy atom. The molecule has 12 nitrogen and oxygen atoms in total. The minimum atomic E-state index is 0. The molecule has 12 rings (SSSR count). The van der Waals surface area contributed by atoms with Crippen molar-refractivity contribution in [3.05, 3.63) is 239 Å². The third kappa shape index (κ3) is 20.8. The van der Waals surface area contributed by atoms with E-state index in [0.29, 0.717) is 52.9 Å². The largest absolute Gasteiger partial charge is 1.00 e. The van der Waals surface area contributed by atoms with Gasteiger partial charge in [0.2, 0.25) is 11.0 Å². The van der Waals surface area contributed by atoms with Crippen molar-refractivity contribution in [3.63, 3.8) is 0 Å². The first-order chi connectivity index (χ1) is 51.2. The number of nitrogens with zero attached hydrogens (tertiary/aromatic N) is 6. The number of fused-ring (bicyclic) bond motifs is 12. The fourth-order valence-electron chi connectivity index (χ4n) is 14.2. The van der Waals surface area contributed by atoms with Crippen LogP contribution in [0.15, 0.2) is 238 Å². The van der Waals surface area contributed by atoms with Crippen molar-refractivity contribution in [1.82, 2.24) is 0 Å². The van der Waals surface area contributed by atoms with E-state index in [9.17, 15) is 0 Å². The number of ether oxygens (including phenoxy) is 4. The summed E-state index contributed by atoms with van der Waals surface area (Å²) in [4.78, 5) is 7.54. The maximum absolute atomic E-state index is 8.90. The number of aromatic nitrogens is 2. The lowest BCUT2D eigenvalue weighted by Gasteiger charge is -2.36. The molecule has 2 aromatic heterocycles. The minimum Gasteiger partial charge on any atom is -1.00 e. The summed E-state index contributed by atoms with van der Waals surface area (Å²) in [6, 6.07) is 52.7. The van der Waals surface area contributed by atoms with Crippen LogP contribution in [0.25, 0.3) is 75.7 Å². The Balaban J connectivity index is 0.000000241. The Hall–Kier alpha value is -7.04. The zero-order valence-corrected chi connectivity index (χ0v) is 67.0. The van der Waals surface area contributed by atoms with E-state index in [0.717, 1.165) is 36.2 Å². The predicted octanol–water partition coefficient (Wildman–Crippen LogP) is 16.4. The van der Waals surface area contributed by atoms with Gasteiger partial charge in [-0.3, -0.25) is 0 Å². The summed E-state index contributed by atoms with van der Waals surface area (Å²) in [5.41, 5.74) is 5.09. The number of benzene rings is 8. The summed E-state index contributed by atoms with van der Waals surface area (Å²) in [6.45, 7) is 31.0. The number of aliphatic hydroxyl groups excluding tert-OH is 2. The summed E-state index contributed by atoms with van der Waals surface area (Å²) in [6.07, 6.45) is 32.6. The highest BCUT2D eigenvalue weighted by Crippen LogP contribution is 2.51. The van der Waals surface area contributed by atoms with Gasteiger partial charge in [0.25, 0.3) is 10.0 Å². The molecule has 0 spiro atoms. The molecule has 8 aromatic carbocycles. The van der Waals surface area contributed by atoms with Crippen LogP contribution in [0.5, 0.6) is 0 Å². The van der Waals surface area contributed by atoms with Gasteiger partial charge in [-0.1, -0.05) is 224 Å². The molecule has 560 valence electrons. The van der Waals surface area contributed by atoms with Gasteiger partial charge in [-0.15, -0.1) is 0 Å². The normalized spacial score (nSPS) is 14.3. The highest BCUT2D eigenvalue weighted by atomic mass is 79.9. The number of thiazole rings is 2. The molecule has 0 fully saturated rings. The van der Waals surface area contributed by atoms with Gasteiger partial charge in [-0.05, 0) is 110 Å². The highest BCUT2D eigenvalue weighted by Gasteiger charge is 2.31. The first kappa shape index (κ1) is 83.0. The monoisotopic (exact) mass is 1570 g/mol. The number of hydrogen-bond donors (Lipinski definition) is 2. The van der Waals surface area contributed by atoms with E-state index >= 15 is 0 Å². The van der Waals surface area contributed by atoms with E-state index in [1.165, 1.54) is 169 Å². The van der Waals surface area contributed by atoms with Crippen LogP contribution in [-0.2, 0) is 32.0 Å². The third-order valence-corrected chi connectivity index (χ3v) is 25.3. The van der Waals surface area contributed by atoms with Gasteiger partial charge < -0.3 is 64.9 Å². The number of quaternary nitrogens is 2. The first-order valence-corrected chi connectivity index (χ1v) is 40.8. The molecule has 0 atom stereocenters. The molecule has 2 aliphatic heterocycles. The van der Waals surface area contributed by atoms with Crippen LogP contribution in [0.3, 0.4) is 0 Å². The number of anilines is 2. The first-order valence-electron chi connectivity index (χ1n) is 37.5. The molecule has 0 saturated heterocycles. The summed E-state index contributed by atoms with van der Waals surface area (Å²) < 4.78 is 32.3. The molecule has 0 bridgehead atoms. The molecule has 10 aromatic rings. The molecule has 0 aliphatic carbocycles. The van der Waals surface area contributed by atoms with Crippen molar-refractivity contribution < 1.29 is 64.2 Å². The van der Waals surface area contributed by atoms with E-state index in [1.54, 1.807) is 23.1 Å². The molecule has 0 unspecified atom stereocenters. The maximum Gasteiger partial charge on any atom is 0.262 e. The smallest absolute Gasteiger partial charge is 0.262 e. The SMILES string of the molecule is C.CC[N+](CC)(CC)CCCN1/C(=C/C=C/C=C/C=C/c2sc3c4ccccc4ccc3[n+]2CCC[N+](CC)(CC)CC)Sc2c1ccc1ccccc21.OCCOCCOCCN1/C(=C/C=C/C=C/C=C/c2sc3c4ccccc4ccc3[n+]2CCOCCOCCO)Sc2c1ccc1ccccc21.[Br-]. The van der Waals surface area contributed by atoms with Gasteiger partial charge in [0.05, 0.1) is 140 Å². The Labute approximate surface area is 657 Å². The topological polar surface area (TPSA) is 91.6 Å². The average Bonchev–Trinajstić information content (AvgIpc) is 1.57. The lowest BCUT2D eigenvalue weighted by molar-refractivity contribution is -0.925. The number of rotatable bonds is 38. The van der Waals surface area contributed by atoms with Gasteiger partial charge in [-0.25, -0.2) is 0 Å². The van der Waals surface area contributed by atoms with Crippen molar-refractivity contribution >= 4 is 133 Å². The summed E-state index contributed by atoms with van der Waals surface area (Å²) in [5.74, 6) is 0. The van der Waals surface area contributed by atoms with Crippen LogP contribution in [-0.4, -0.2) is 151 Å². The van der Waals surface area contributed by atoms with Crippen LogP contribution >= 0.6 is 46.2 Å². The van der Waals surface area contributed by atoms with Gasteiger partial charge in [-0.2, -0.15) is 9.13 Å². The molecule has 0 saturated carbocycles. The molecule has 2 aliphatic rings. The fourth-order valence-corrected chi connectivity index (χ4v) is 19.1. The lowest BCUT2D eigenvalue weighted by Crippen LogP contribution is -3.00. The number of halogens is 1. The Morgan fingerprint density at radius 2 is 0.755 bits per heavy atom. The number of hydrogen-bond acceptors (Lipinski definition) is 12. The Kier molecular flexibility index (Phi) is 33.4. The number of aryl methyl sites for hydroxylation is 1. The van der Waals surface area contributed by atoms with Crippen molar-refractivity contribution in [3.8, 4) is 0 Å². The van der Waals surface area contributed by atoms with Gasteiger partial charge in [0, 0.05) is 64.4 Å². The average molecular weight is 1570 g/mol. The van der Waals surface area contributed by atoms with E-state index in [-0.39, 0.29) is 37.6 Å².